The summed E-state index contributed by atoms with van der Waals surface area (Å²) in [5, 5.41) is 7.88. The van der Waals surface area contributed by atoms with E-state index in [0.717, 1.165) is 38.8 Å². The Labute approximate surface area is 159 Å². The van der Waals surface area contributed by atoms with Crippen LogP contribution in [-0.4, -0.2) is 39.7 Å². The second kappa shape index (κ2) is 8.18. The summed E-state index contributed by atoms with van der Waals surface area (Å²) in [4.78, 5) is 14.7. The molecular formula is C19H24ClFN4O. The Morgan fingerprint density at radius 1 is 1.27 bits per heavy atom. The number of hydrogen-bond donors (Lipinski definition) is 1. The summed E-state index contributed by atoms with van der Waals surface area (Å²) < 4.78 is 15.9. The molecule has 0 spiro atoms. The van der Waals surface area contributed by atoms with Gasteiger partial charge in [-0.25, -0.2) is 4.39 Å². The van der Waals surface area contributed by atoms with Crippen LogP contribution in [0.1, 0.15) is 47.8 Å². The summed E-state index contributed by atoms with van der Waals surface area (Å²) in [5.41, 5.74) is 1.01. The molecule has 1 amide bonds. The highest BCUT2D eigenvalue weighted by Gasteiger charge is 2.34. The van der Waals surface area contributed by atoms with Crippen molar-refractivity contribution in [3.05, 3.63) is 53.6 Å². The number of amides is 1. The third kappa shape index (κ3) is 4.07. The van der Waals surface area contributed by atoms with E-state index in [-0.39, 0.29) is 30.2 Å². The summed E-state index contributed by atoms with van der Waals surface area (Å²) in [7, 11) is 0. The molecule has 0 radical (unpaired) electrons. The minimum atomic E-state index is -0.264. The monoisotopic (exact) mass is 378 g/mol. The molecule has 1 saturated carbocycles. The van der Waals surface area contributed by atoms with Crippen molar-refractivity contribution in [2.75, 3.05) is 13.1 Å². The number of carbonyl (C=O) groups is 1. The molecule has 2 fully saturated rings. The van der Waals surface area contributed by atoms with Crippen molar-refractivity contribution < 1.29 is 9.18 Å². The van der Waals surface area contributed by atoms with E-state index < -0.39 is 0 Å². The highest BCUT2D eigenvalue weighted by molar-refractivity contribution is 5.92. The highest BCUT2D eigenvalue weighted by Crippen LogP contribution is 2.30. The van der Waals surface area contributed by atoms with Crippen molar-refractivity contribution in [1.82, 2.24) is 20.0 Å². The third-order valence-electron chi connectivity index (χ3n) is 5.02. The number of aromatic nitrogens is 2. The lowest BCUT2D eigenvalue weighted by Crippen LogP contribution is -2.34. The Hall–Kier alpha value is -1.92. The number of nitrogens with one attached hydrogen (secondary N) is 1. The van der Waals surface area contributed by atoms with Crippen molar-refractivity contribution in [3.63, 3.8) is 0 Å². The zero-order valence-electron chi connectivity index (χ0n) is 14.6. The van der Waals surface area contributed by atoms with Gasteiger partial charge in [0.05, 0.1) is 6.04 Å². The lowest BCUT2D eigenvalue weighted by Gasteiger charge is -2.23. The van der Waals surface area contributed by atoms with Crippen LogP contribution >= 0.6 is 12.4 Å². The van der Waals surface area contributed by atoms with Crippen molar-refractivity contribution in [2.45, 2.75) is 44.3 Å². The van der Waals surface area contributed by atoms with Gasteiger partial charge in [-0.15, -0.1) is 12.4 Å². The lowest BCUT2D eigenvalue weighted by atomic mass is 10.1. The van der Waals surface area contributed by atoms with Gasteiger partial charge in [-0.1, -0.05) is 18.2 Å². The largest absolute Gasteiger partial charge is 0.330 e. The van der Waals surface area contributed by atoms with E-state index in [4.69, 9.17) is 0 Å². The first-order valence-corrected chi connectivity index (χ1v) is 9.02. The predicted molar refractivity (Wildman–Crippen MR) is 99.9 cm³/mol. The first-order valence-electron chi connectivity index (χ1n) is 9.02. The van der Waals surface area contributed by atoms with Gasteiger partial charge < -0.3 is 10.2 Å². The molecule has 1 saturated heterocycles. The Bertz CT molecular complexity index is 756. The first-order chi connectivity index (χ1) is 12.2. The van der Waals surface area contributed by atoms with Crippen LogP contribution in [0.4, 0.5) is 4.39 Å². The van der Waals surface area contributed by atoms with E-state index in [1.165, 1.54) is 6.07 Å². The number of piperidine rings is 1. The van der Waals surface area contributed by atoms with Gasteiger partial charge in [-0.3, -0.25) is 9.48 Å². The number of halogens is 2. The standard InChI is InChI=1S/C19H23FN4O.ClH/c20-17-6-2-1-4-14(17)13-23(15-7-8-15)19(25)18-9-11-24(22-18)16-5-3-10-21-12-16;/h1-2,4,6,9,11,15-16,21H,3,5,7-8,10,12-13H2;1H. The molecular weight excluding hydrogens is 355 g/mol. The smallest absolute Gasteiger partial charge is 0.274 e. The molecule has 1 unspecified atom stereocenters. The van der Waals surface area contributed by atoms with Crippen LogP contribution in [0.25, 0.3) is 0 Å². The number of hydrogen-bond acceptors (Lipinski definition) is 3. The van der Waals surface area contributed by atoms with Gasteiger partial charge in [-0.05, 0) is 44.4 Å². The molecule has 4 rings (SSSR count). The molecule has 5 nitrogen and oxygen atoms in total. The van der Waals surface area contributed by atoms with E-state index in [9.17, 15) is 9.18 Å². The van der Waals surface area contributed by atoms with Gasteiger partial charge in [0, 0.05) is 30.9 Å². The summed E-state index contributed by atoms with van der Waals surface area (Å²) in [5.74, 6) is -0.368. The molecule has 1 N–H and O–H groups in total. The van der Waals surface area contributed by atoms with Crippen molar-refractivity contribution in [2.24, 2.45) is 0 Å². The molecule has 26 heavy (non-hydrogen) atoms. The molecule has 7 heteroatoms. The maximum absolute atomic E-state index is 14.0. The van der Waals surface area contributed by atoms with Crippen molar-refractivity contribution >= 4 is 18.3 Å². The van der Waals surface area contributed by atoms with Gasteiger partial charge >= 0.3 is 0 Å². The molecule has 1 aliphatic carbocycles. The van der Waals surface area contributed by atoms with Crippen LogP contribution < -0.4 is 5.32 Å². The minimum absolute atomic E-state index is 0. The maximum Gasteiger partial charge on any atom is 0.274 e. The van der Waals surface area contributed by atoms with Gasteiger partial charge in [0.2, 0.25) is 0 Å². The van der Waals surface area contributed by atoms with Crippen LogP contribution in [0.3, 0.4) is 0 Å². The Balaban J connectivity index is 0.00000196. The number of rotatable bonds is 5. The zero-order chi connectivity index (χ0) is 17.2. The van der Waals surface area contributed by atoms with Gasteiger partial charge in [-0.2, -0.15) is 5.10 Å². The quantitative estimate of drug-likeness (QED) is 0.869. The van der Waals surface area contributed by atoms with E-state index in [1.807, 2.05) is 10.9 Å². The highest BCUT2D eigenvalue weighted by atomic mass is 35.5. The SMILES string of the molecule is Cl.O=C(c1ccn(C2CCCNC2)n1)N(Cc1ccccc1F)C1CC1. The fourth-order valence-corrected chi connectivity index (χ4v) is 3.42. The first kappa shape index (κ1) is 18.9. The van der Waals surface area contributed by atoms with Gasteiger partial charge in [0.25, 0.3) is 5.91 Å². The summed E-state index contributed by atoms with van der Waals surface area (Å²) in [6, 6.07) is 8.94. The third-order valence-corrected chi connectivity index (χ3v) is 5.02. The number of nitrogens with zero attached hydrogens (tertiary/aromatic N) is 3. The molecule has 1 atom stereocenters. The van der Waals surface area contributed by atoms with Gasteiger partial charge in [0.1, 0.15) is 11.5 Å². The van der Waals surface area contributed by atoms with Gasteiger partial charge in [0.15, 0.2) is 0 Å². The number of benzene rings is 1. The fourth-order valence-electron chi connectivity index (χ4n) is 3.42. The molecule has 2 heterocycles. The molecule has 1 aromatic heterocycles. The van der Waals surface area contributed by atoms with Crippen LogP contribution in [0, 0.1) is 5.82 Å². The average Bonchev–Trinajstić information content (AvgIpc) is 3.36. The molecule has 140 valence electrons. The van der Waals surface area contributed by atoms with E-state index >= 15 is 0 Å². The zero-order valence-corrected chi connectivity index (χ0v) is 15.4. The predicted octanol–water partition coefficient (Wildman–Crippen LogP) is 3.17. The number of carbonyl (C=O) groups excluding carboxylic acids is 1. The molecule has 0 bridgehead atoms. The molecule has 1 aromatic carbocycles. The Morgan fingerprint density at radius 3 is 2.77 bits per heavy atom. The fraction of sp³-hybridized carbons (Fsp3) is 0.474. The van der Waals surface area contributed by atoms with Crippen LogP contribution in [-0.2, 0) is 6.54 Å². The van der Waals surface area contributed by atoms with Crippen LogP contribution in [0.2, 0.25) is 0 Å². The van der Waals surface area contributed by atoms with Crippen LogP contribution in [0.15, 0.2) is 36.5 Å². The topological polar surface area (TPSA) is 50.2 Å². The van der Waals surface area contributed by atoms with E-state index in [1.54, 1.807) is 29.2 Å². The van der Waals surface area contributed by atoms with E-state index in [0.29, 0.717) is 23.8 Å². The summed E-state index contributed by atoms with van der Waals surface area (Å²) in [6.45, 7) is 2.23. The maximum atomic E-state index is 14.0. The Kier molecular flexibility index (Phi) is 5.94. The summed E-state index contributed by atoms with van der Waals surface area (Å²) >= 11 is 0. The minimum Gasteiger partial charge on any atom is -0.330 e. The second-order valence-corrected chi connectivity index (χ2v) is 6.94. The average molecular weight is 379 g/mol. The molecule has 2 aromatic rings. The van der Waals surface area contributed by atoms with Crippen LogP contribution in [0.5, 0.6) is 0 Å². The molecule has 2 aliphatic rings. The Morgan fingerprint density at radius 2 is 2.08 bits per heavy atom. The summed E-state index contributed by atoms with van der Waals surface area (Å²) in [6.07, 6.45) is 6.04. The molecule has 1 aliphatic heterocycles. The van der Waals surface area contributed by atoms with E-state index in [2.05, 4.69) is 10.4 Å². The second-order valence-electron chi connectivity index (χ2n) is 6.94. The van der Waals surface area contributed by atoms with Crippen molar-refractivity contribution in [3.8, 4) is 0 Å². The van der Waals surface area contributed by atoms with Crippen molar-refractivity contribution in [1.29, 1.82) is 0 Å². The lowest BCUT2D eigenvalue weighted by molar-refractivity contribution is 0.0720. The normalized spacial score (nSPS) is 19.7.